The van der Waals surface area contributed by atoms with E-state index in [1.807, 2.05) is 0 Å². The summed E-state index contributed by atoms with van der Waals surface area (Å²) < 4.78 is 0. The Morgan fingerprint density at radius 3 is 2.57 bits per heavy atom. The van der Waals surface area contributed by atoms with Gasteiger partial charge in [-0.3, -0.25) is 9.59 Å². The highest BCUT2D eigenvalue weighted by Gasteiger charge is 2.15. The summed E-state index contributed by atoms with van der Waals surface area (Å²) in [6.45, 7) is 4.63. The summed E-state index contributed by atoms with van der Waals surface area (Å²) in [5.41, 5.74) is 0.241. The van der Waals surface area contributed by atoms with Crippen LogP contribution in [0.25, 0.3) is 0 Å². The topological polar surface area (TPSA) is 54.4 Å². The Balaban J connectivity index is 3.42. The molecule has 3 nitrogen and oxygen atoms in total. The van der Waals surface area contributed by atoms with Gasteiger partial charge in [0.2, 0.25) is 0 Å². The standard InChI is InChI=1S/C11H10O3/c1-3-9(13)8-5-4-6-10(14)11(8)7(2)12/h3-6,14H,1H2,2H3. The molecule has 0 heterocycles. The predicted octanol–water partition coefficient (Wildman–Crippen LogP) is 1.96. The van der Waals surface area contributed by atoms with Crippen LogP contribution in [0.5, 0.6) is 5.75 Å². The Hall–Kier alpha value is -1.90. The van der Waals surface area contributed by atoms with E-state index in [-0.39, 0.29) is 28.4 Å². The summed E-state index contributed by atoms with van der Waals surface area (Å²) >= 11 is 0. The third-order valence-electron chi connectivity index (χ3n) is 1.85. The number of phenols is 1. The first-order valence-electron chi connectivity index (χ1n) is 4.07. The molecule has 1 aromatic carbocycles. The number of ketones is 2. The van der Waals surface area contributed by atoms with Crippen LogP contribution in [0, 0.1) is 0 Å². The second-order valence-electron chi connectivity index (χ2n) is 2.82. The largest absolute Gasteiger partial charge is 0.507 e. The van der Waals surface area contributed by atoms with Gasteiger partial charge in [-0.15, -0.1) is 0 Å². The number of allylic oxidation sites excluding steroid dienone is 1. The van der Waals surface area contributed by atoms with Gasteiger partial charge in [0.05, 0.1) is 5.56 Å². The van der Waals surface area contributed by atoms with Crippen molar-refractivity contribution in [1.82, 2.24) is 0 Å². The van der Waals surface area contributed by atoms with E-state index < -0.39 is 0 Å². The Morgan fingerprint density at radius 2 is 2.07 bits per heavy atom. The average molecular weight is 190 g/mol. The number of hydrogen-bond donors (Lipinski definition) is 1. The maximum absolute atomic E-state index is 11.3. The Morgan fingerprint density at radius 1 is 1.43 bits per heavy atom. The highest BCUT2D eigenvalue weighted by Crippen LogP contribution is 2.22. The van der Waals surface area contributed by atoms with Gasteiger partial charge in [-0.25, -0.2) is 0 Å². The maximum atomic E-state index is 11.3. The molecule has 0 atom stereocenters. The molecule has 0 saturated carbocycles. The zero-order chi connectivity index (χ0) is 10.7. The molecule has 0 aliphatic rings. The van der Waals surface area contributed by atoms with Crippen molar-refractivity contribution < 1.29 is 14.7 Å². The summed E-state index contributed by atoms with van der Waals surface area (Å²) in [4.78, 5) is 22.5. The minimum Gasteiger partial charge on any atom is -0.507 e. The van der Waals surface area contributed by atoms with Gasteiger partial charge in [-0.1, -0.05) is 18.7 Å². The van der Waals surface area contributed by atoms with Crippen molar-refractivity contribution in [2.24, 2.45) is 0 Å². The van der Waals surface area contributed by atoms with Crippen LogP contribution in [0.2, 0.25) is 0 Å². The van der Waals surface area contributed by atoms with Crippen LogP contribution in [0.3, 0.4) is 0 Å². The molecule has 0 unspecified atom stereocenters. The first-order valence-corrected chi connectivity index (χ1v) is 4.07. The van der Waals surface area contributed by atoms with E-state index in [1.54, 1.807) is 0 Å². The Kier molecular flexibility index (Phi) is 2.82. The lowest BCUT2D eigenvalue weighted by molar-refractivity contribution is 0.0990. The molecule has 0 spiro atoms. The first kappa shape index (κ1) is 10.2. The van der Waals surface area contributed by atoms with Crippen LogP contribution in [-0.2, 0) is 0 Å². The summed E-state index contributed by atoms with van der Waals surface area (Å²) in [7, 11) is 0. The van der Waals surface area contributed by atoms with Crippen LogP contribution < -0.4 is 0 Å². The zero-order valence-corrected chi connectivity index (χ0v) is 7.78. The molecule has 0 fully saturated rings. The summed E-state index contributed by atoms with van der Waals surface area (Å²) in [6.07, 6.45) is 1.11. The molecule has 0 amide bonds. The molecule has 1 aromatic rings. The molecular formula is C11H10O3. The fourth-order valence-corrected chi connectivity index (χ4v) is 1.23. The van der Waals surface area contributed by atoms with E-state index in [4.69, 9.17) is 0 Å². The molecule has 0 saturated heterocycles. The number of rotatable bonds is 3. The third kappa shape index (κ3) is 1.71. The molecule has 3 heteroatoms. The van der Waals surface area contributed by atoms with Crippen LogP contribution in [-0.4, -0.2) is 16.7 Å². The quantitative estimate of drug-likeness (QED) is 0.585. The average Bonchev–Trinajstić information content (AvgIpc) is 2.15. The lowest BCUT2D eigenvalue weighted by Crippen LogP contribution is -2.04. The SMILES string of the molecule is C=CC(=O)c1cccc(O)c1C(C)=O. The summed E-state index contributed by atoms with van der Waals surface area (Å²) in [5.74, 6) is -0.885. The van der Waals surface area contributed by atoms with Crippen molar-refractivity contribution in [3.8, 4) is 5.75 Å². The normalized spacial score (nSPS) is 9.50. The minimum absolute atomic E-state index is 0.0531. The van der Waals surface area contributed by atoms with E-state index in [0.29, 0.717) is 0 Å². The van der Waals surface area contributed by atoms with Crippen LogP contribution in [0.1, 0.15) is 27.6 Å². The fraction of sp³-hybridized carbons (Fsp3) is 0.0909. The molecule has 0 aliphatic heterocycles. The summed E-state index contributed by atoms with van der Waals surface area (Å²) in [6, 6.07) is 4.37. The number of hydrogen-bond acceptors (Lipinski definition) is 3. The van der Waals surface area contributed by atoms with Crippen LogP contribution in [0.15, 0.2) is 30.9 Å². The predicted molar refractivity (Wildman–Crippen MR) is 52.6 cm³/mol. The number of benzene rings is 1. The van der Waals surface area contributed by atoms with Crippen molar-refractivity contribution in [3.63, 3.8) is 0 Å². The molecule has 0 aliphatic carbocycles. The molecule has 0 aromatic heterocycles. The molecule has 0 bridgehead atoms. The van der Waals surface area contributed by atoms with Crippen molar-refractivity contribution in [2.45, 2.75) is 6.92 Å². The number of phenolic OH excluding ortho intramolecular Hbond substituents is 1. The van der Waals surface area contributed by atoms with Crippen molar-refractivity contribution in [3.05, 3.63) is 42.0 Å². The van der Waals surface area contributed by atoms with E-state index in [2.05, 4.69) is 6.58 Å². The van der Waals surface area contributed by atoms with Gasteiger partial charge in [-0.05, 0) is 19.1 Å². The van der Waals surface area contributed by atoms with Gasteiger partial charge in [0.1, 0.15) is 5.75 Å². The first-order chi connectivity index (χ1) is 6.57. The monoisotopic (exact) mass is 190 g/mol. The van der Waals surface area contributed by atoms with Gasteiger partial charge in [0.15, 0.2) is 11.6 Å². The maximum Gasteiger partial charge on any atom is 0.186 e. The molecule has 14 heavy (non-hydrogen) atoms. The van der Waals surface area contributed by atoms with Crippen LogP contribution >= 0.6 is 0 Å². The van der Waals surface area contributed by atoms with Crippen molar-refractivity contribution in [1.29, 1.82) is 0 Å². The van der Waals surface area contributed by atoms with E-state index in [1.165, 1.54) is 25.1 Å². The van der Waals surface area contributed by atoms with Crippen molar-refractivity contribution in [2.75, 3.05) is 0 Å². The van der Waals surface area contributed by atoms with E-state index >= 15 is 0 Å². The van der Waals surface area contributed by atoms with Gasteiger partial charge in [0, 0.05) is 5.56 Å². The Bertz CT molecular complexity index is 405. The molecular weight excluding hydrogens is 180 g/mol. The van der Waals surface area contributed by atoms with Crippen molar-refractivity contribution >= 4 is 11.6 Å². The zero-order valence-electron chi connectivity index (χ0n) is 7.78. The second-order valence-corrected chi connectivity index (χ2v) is 2.82. The second kappa shape index (κ2) is 3.87. The highest BCUT2D eigenvalue weighted by atomic mass is 16.3. The molecule has 0 radical (unpaired) electrons. The van der Waals surface area contributed by atoms with E-state index in [9.17, 15) is 14.7 Å². The third-order valence-corrected chi connectivity index (χ3v) is 1.85. The fourth-order valence-electron chi connectivity index (χ4n) is 1.23. The highest BCUT2D eigenvalue weighted by molar-refractivity contribution is 6.13. The number of carbonyl (C=O) groups is 2. The Labute approximate surface area is 81.7 Å². The lowest BCUT2D eigenvalue weighted by atomic mass is 10.00. The van der Waals surface area contributed by atoms with Gasteiger partial charge >= 0.3 is 0 Å². The smallest absolute Gasteiger partial charge is 0.186 e. The summed E-state index contributed by atoms with van der Waals surface area (Å²) in [5, 5.41) is 9.40. The number of carbonyl (C=O) groups excluding carboxylic acids is 2. The van der Waals surface area contributed by atoms with Crippen LogP contribution in [0.4, 0.5) is 0 Å². The minimum atomic E-state index is -0.369. The number of Topliss-reactive ketones (excluding diaryl/α,β-unsaturated/α-hetero) is 1. The number of aromatic hydroxyl groups is 1. The molecule has 1 rings (SSSR count). The van der Waals surface area contributed by atoms with Gasteiger partial charge in [0.25, 0.3) is 0 Å². The molecule has 1 N–H and O–H groups in total. The van der Waals surface area contributed by atoms with E-state index in [0.717, 1.165) is 6.08 Å². The molecule has 72 valence electrons. The lowest BCUT2D eigenvalue weighted by Gasteiger charge is -2.05. The van der Waals surface area contributed by atoms with Gasteiger partial charge < -0.3 is 5.11 Å². The van der Waals surface area contributed by atoms with Gasteiger partial charge in [-0.2, -0.15) is 0 Å².